The van der Waals surface area contributed by atoms with E-state index in [0.717, 1.165) is 19.5 Å². The van der Waals surface area contributed by atoms with Crippen LogP contribution in [0.2, 0.25) is 10.0 Å². The topological polar surface area (TPSA) is 46.3 Å². The van der Waals surface area contributed by atoms with Gasteiger partial charge in [-0.2, -0.15) is 0 Å². The van der Waals surface area contributed by atoms with Crippen LogP contribution in [0.1, 0.15) is 30.6 Å². The first-order valence-corrected chi connectivity index (χ1v) is 7.18. The molecule has 1 saturated heterocycles. The summed E-state index contributed by atoms with van der Waals surface area (Å²) in [6.07, 6.45) is 1.15. The van der Waals surface area contributed by atoms with Crippen molar-refractivity contribution < 1.29 is 4.79 Å². The van der Waals surface area contributed by atoms with E-state index >= 15 is 0 Å². The number of hydrogen-bond donors (Lipinski definition) is 1. The van der Waals surface area contributed by atoms with E-state index in [1.54, 1.807) is 6.07 Å². The van der Waals surface area contributed by atoms with Crippen molar-refractivity contribution in [2.75, 3.05) is 18.8 Å². The smallest absolute Gasteiger partial charge is 0.255 e. The Labute approximate surface area is 123 Å². The lowest BCUT2D eigenvalue weighted by Crippen LogP contribution is -2.42. The predicted molar refractivity (Wildman–Crippen MR) is 79.7 cm³/mol. The minimum Gasteiger partial charge on any atom is -0.398 e. The van der Waals surface area contributed by atoms with Crippen molar-refractivity contribution in [2.24, 2.45) is 11.8 Å². The second-order valence-electron chi connectivity index (χ2n) is 5.51. The van der Waals surface area contributed by atoms with Crippen LogP contribution < -0.4 is 5.73 Å². The summed E-state index contributed by atoms with van der Waals surface area (Å²) in [5.41, 5.74) is 6.57. The highest BCUT2D eigenvalue weighted by Crippen LogP contribution is 2.29. The average Bonchev–Trinajstić information content (AvgIpc) is 2.31. The van der Waals surface area contributed by atoms with Gasteiger partial charge in [0.15, 0.2) is 0 Å². The van der Waals surface area contributed by atoms with Gasteiger partial charge in [0.25, 0.3) is 5.91 Å². The maximum absolute atomic E-state index is 12.5. The van der Waals surface area contributed by atoms with E-state index in [4.69, 9.17) is 28.9 Å². The summed E-state index contributed by atoms with van der Waals surface area (Å²) in [6, 6.07) is 3.10. The van der Waals surface area contributed by atoms with Gasteiger partial charge in [0.05, 0.1) is 21.3 Å². The third-order valence-electron chi connectivity index (χ3n) is 3.47. The van der Waals surface area contributed by atoms with Crippen molar-refractivity contribution in [3.8, 4) is 0 Å². The molecule has 1 aliphatic heterocycles. The van der Waals surface area contributed by atoms with E-state index in [1.165, 1.54) is 6.07 Å². The number of nitrogens with two attached hydrogens (primary N) is 1. The summed E-state index contributed by atoms with van der Waals surface area (Å²) in [5.74, 6) is 0.957. The zero-order valence-corrected chi connectivity index (χ0v) is 12.6. The molecule has 1 aromatic carbocycles. The average molecular weight is 301 g/mol. The van der Waals surface area contributed by atoms with E-state index in [-0.39, 0.29) is 5.91 Å². The fraction of sp³-hybridized carbons (Fsp3) is 0.500. The predicted octanol–water partition coefficient (Wildman–Crippen LogP) is 3.69. The fourth-order valence-electron chi connectivity index (χ4n) is 2.73. The Morgan fingerprint density at radius 1 is 1.21 bits per heavy atom. The van der Waals surface area contributed by atoms with Gasteiger partial charge in [-0.05, 0) is 30.4 Å². The minimum absolute atomic E-state index is 0.0632. The summed E-state index contributed by atoms with van der Waals surface area (Å²) >= 11 is 12.0. The molecule has 0 saturated carbocycles. The summed E-state index contributed by atoms with van der Waals surface area (Å²) in [6.45, 7) is 5.85. The number of carbonyl (C=O) groups excluding carboxylic acids is 1. The van der Waals surface area contributed by atoms with E-state index in [9.17, 15) is 4.79 Å². The SMILES string of the molecule is C[C@@H]1C[C@H](C)CN(C(=O)c2cc(N)c(Cl)cc2Cl)C1. The maximum Gasteiger partial charge on any atom is 0.255 e. The van der Waals surface area contributed by atoms with Gasteiger partial charge in [0.2, 0.25) is 0 Å². The second kappa shape index (κ2) is 5.59. The molecule has 1 heterocycles. The number of halogens is 2. The Hall–Kier alpha value is -0.930. The fourth-order valence-corrected chi connectivity index (χ4v) is 3.19. The van der Waals surface area contributed by atoms with Crippen molar-refractivity contribution in [1.29, 1.82) is 0 Å². The Morgan fingerprint density at radius 2 is 1.79 bits per heavy atom. The monoisotopic (exact) mass is 300 g/mol. The van der Waals surface area contributed by atoms with Crippen molar-refractivity contribution in [3.05, 3.63) is 27.7 Å². The molecule has 3 nitrogen and oxygen atoms in total. The van der Waals surface area contributed by atoms with E-state index in [1.807, 2.05) is 4.90 Å². The number of hydrogen-bond acceptors (Lipinski definition) is 2. The number of nitrogen functional groups attached to an aromatic ring is 1. The maximum atomic E-state index is 12.5. The molecule has 1 fully saturated rings. The first-order valence-electron chi connectivity index (χ1n) is 6.42. The van der Waals surface area contributed by atoms with Crippen LogP contribution in [0.4, 0.5) is 5.69 Å². The summed E-state index contributed by atoms with van der Waals surface area (Å²) in [7, 11) is 0. The minimum atomic E-state index is -0.0632. The molecule has 0 aromatic heterocycles. The zero-order valence-electron chi connectivity index (χ0n) is 11.1. The molecule has 2 rings (SSSR count). The van der Waals surface area contributed by atoms with Gasteiger partial charge >= 0.3 is 0 Å². The lowest BCUT2D eigenvalue weighted by Gasteiger charge is -2.35. The van der Waals surface area contributed by atoms with Crippen LogP contribution in [-0.4, -0.2) is 23.9 Å². The number of rotatable bonds is 1. The lowest BCUT2D eigenvalue weighted by molar-refractivity contribution is 0.0623. The largest absolute Gasteiger partial charge is 0.398 e. The molecular formula is C14H18Cl2N2O. The van der Waals surface area contributed by atoms with Crippen LogP contribution in [0, 0.1) is 11.8 Å². The molecule has 0 aliphatic carbocycles. The van der Waals surface area contributed by atoms with Crippen molar-refractivity contribution in [2.45, 2.75) is 20.3 Å². The van der Waals surface area contributed by atoms with E-state index < -0.39 is 0 Å². The molecular weight excluding hydrogens is 283 g/mol. The van der Waals surface area contributed by atoms with Gasteiger partial charge in [-0.15, -0.1) is 0 Å². The number of benzene rings is 1. The highest BCUT2D eigenvalue weighted by atomic mass is 35.5. The van der Waals surface area contributed by atoms with Gasteiger partial charge < -0.3 is 10.6 Å². The summed E-state index contributed by atoms with van der Waals surface area (Å²) < 4.78 is 0. The lowest BCUT2D eigenvalue weighted by atomic mass is 9.91. The highest BCUT2D eigenvalue weighted by molar-refractivity contribution is 6.38. The van der Waals surface area contributed by atoms with Crippen LogP contribution in [-0.2, 0) is 0 Å². The summed E-state index contributed by atoms with van der Waals surface area (Å²) in [5, 5.41) is 0.733. The summed E-state index contributed by atoms with van der Waals surface area (Å²) in [4.78, 5) is 14.4. The normalized spacial score (nSPS) is 23.5. The van der Waals surface area contributed by atoms with Crippen LogP contribution in [0.3, 0.4) is 0 Å². The molecule has 0 radical (unpaired) electrons. The molecule has 0 bridgehead atoms. The van der Waals surface area contributed by atoms with Crippen molar-refractivity contribution in [1.82, 2.24) is 4.90 Å². The Bertz CT molecular complexity index is 494. The third-order valence-corrected chi connectivity index (χ3v) is 4.11. The Balaban J connectivity index is 2.26. The van der Waals surface area contributed by atoms with E-state index in [0.29, 0.717) is 33.1 Å². The number of amides is 1. The number of carbonyl (C=O) groups is 1. The highest BCUT2D eigenvalue weighted by Gasteiger charge is 2.27. The molecule has 2 atom stereocenters. The Kier molecular flexibility index (Phi) is 4.26. The Morgan fingerprint density at radius 3 is 2.37 bits per heavy atom. The molecule has 1 amide bonds. The van der Waals surface area contributed by atoms with E-state index in [2.05, 4.69) is 13.8 Å². The van der Waals surface area contributed by atoms with Gasteiger partial charge in [-0.25, -0.2) is 0 Å². The van der Waals surface area contributed by atoms with Crippen molar-refractivity contribution in [3.63, 3.8) is 0 Å². The van der Waals surface area contributed by atoms with Crippen LogP contribution >= 0.6 is 23.2 Å². The van der Waals surface area contributed by atoms with Gasteiger partial charge in [-0.1, -0.05) is 37.0 Å². The molecule has 1 aromatic rings. The third kappa shape index (κ3) is 3.15. The van der Waals surface area contributed by atoms with Crippen molar-refractivity contribution >= 4 is 34.8 Å². The van der Waals surface area contributed by atoms with Gasteiger partial charge in [-0.3, -0.25) is 4.79 Å². The van der Waals surface area contributed by atoms with Gasteiger partial charge in [0.1, 0.15) is 0 Å². The van der Waals surface area contributed by atoms with Gasteiger partial charge in [0, 0.05) is 13.1 Å². The molecule has 0 spiro atoms. The number of piperidine rings is 1. The zero-order chi connectivity index (χ0) is 14.2. The quantitative estimate of drug-likeness (QED) is 0.804. The molecule has 1 aliphatic rings. The van der Waals surface area contributed by atoms with Crippen LogP contribution in [0.15, 0.2) is 12.1 Å². The van der Waals surface area contributed by atoms with Crippen LogP contribution in [0.25, 0.3) is 0 Å². The van der Waals surface area contributed by atoms with Crippen LogP contribution in [0.5, 0.6) is 0 Å². The first-order chi connectivity index (χ1) is 8.88. The molecule has 5 heteroatoms. The number of anilines is 1. The first kappa shape index (κ1) is 14.5. The molecule has 0 unspecified atom stereocenters. The standard InChI is InChI=1S/C14H18Cl2N2O/c1-8-3-9(2)7-18(6-8)14(19)10-4-13(17)12(16)5-11(10)15/h4-5,8-9H,3,6-7,17H2,1-2H3/t8-,9+. The molecule has 19 heavy (non-hydrogen) atoms. The number of nitrogens with zero attached hydrogens (tertiary/aromatic N) is 1. The second-order valence-corrected chi connectivity index (χ2v) is 6.32. The molecule has 104 valence electrons. The molecule has 2 N–H and O–H groups in total. The number of likely N-dealkylation sites (tertiary alicyclic amines) is 1.